The standard InChI is InChI=1S/C25H22N6OS2/c1-3-13-30-23(28-29-25(30)33)22-16(2)26-24(34-22)27-21(32)15-31-19-12-8-7-11-18(19)14-20(31)17-9-5-4-6-10-17/h3-12,14H,1,13,15H2,2H3,(H,29,33)(H,26,27,32). The minimum Gasteiger partial charge on any atom is -0.331 e. The SMILES string of the molecule is C=CCn1c(-c2sc(NC(=O)Cn3c(-c4ccccc4)cc4ccccc43)nc2C)n[nH]c1=S. The number of nitrogens with zero attached hydrogens (tertiary/aromatic N) is 4. The summed E-state index contributed by atoms with van der Waals surface area (Å²) in [4.78, 5) is 18.5. The number of thiazole rings is 1. The van der Waals surface area contributed by atoms with E-state index < -0.39 is 0 Å². The molecule has 0 aliphatic heterocycles. The normalized spacial score (nSPS) is 11.1. The molecular weight excluding hydrogens is 464 g/mol. The van der Waals surface area contributed by atoms with E-state index in [1.807, 2.05) is 52.5 Å². The van der Waals surface area contributed by atoms with E-state index in [1.54, 1.807) is 6.08 Å². The average Bonchev–Trinajstić information content (AvgIpc) is 3.50. The monoisotopic (exact) mass is 486 g/mol. The quantitative estimate of drug-likeness (QED) is 0.224. The minimum absolute atomic E-state index is 0.149. The van der Waals surface area contributed by atoms with Crippen molar-refractivity contribution in [2.75, 3.05) is 5.32 Å². The van der Waals surface area contributed by atoms with Gasteiger partial charge in [0.05, 0.1) is 10.6 Å². The predicted molar refractivity (Wildman–Crippen MR) is 139 cm³/mol. The molecule has 7 nitrogen and oxygen atoms in total. The van der Waals surface area contributed by atoms with Crippen LogP contribution in [0.15, 0.2) is 73.3 Å². The molecule has 3 heterocycles. The largest absolute Gasteiger partial charge is 0.331 e. The number of anilines is 1. The second-order valence-corrected chi connectivity index (χ2v) is 9.16. The fourth-order valence-corrected chi connectivity index (χ4v) is 5.17. The maximum Gasteiger partial charge on any atom is 0.246 e. The van der Waals surface area contributed by atoms with Crippen LogP contribution in [0.4, 0.5) is 5.13 Å². The van der Waals surface area contributed by atoms with Crippen molar-refractivity contribution in [2.24, 2.45) is 0 Å². The van der Waals surface area contributed by atoms with Gasteiger partial charge in [-0.25, -0.2) is 4.98 Å². The van der Waals surface area contributed by atoms with Crippen molar-refractivity contribution < 1.29 is 4.79 Å². The molecular formula is C25H22N6OS2. The second-order valence-electron chi connectivity index (χ2n) is 7.77. The molecule has 9 heteroatoms. The number of allylic oxidation sites excluding steroid dienone is 1. The van der Waals surface area contributed by atoms with E-state index in [0.717, 1.165) is 32.7 Å². The molecule has 5 aromatic rings. The summed E-state index contributed by atoms with van der Waals surface area (Å²) in [5, 5.41) is 11.8. The molecule has 0 unspecified atom stereocenters. The number of para-hydroxylation sites is 1. The van der Waals surface area contributed by atoms with Crippen LogP contribution in [0.25, 0.3) is 32.9 Å². The Balaban J connectivity index is 1.44. The highest BCUT2D eigenvalue weighted by Gasteiger charge is 2.18. The van der Waals surface area contributed by atoms with Gasteiger partial charge >= 0.3 is 0 Å². The number of hydrogen-bond acceptors (Lipinski definition) is 5. The Hall–Kier alpha value is -3.82. The molecule has 0 saturated carbocycles. The van der Waals surface area contributed by atoms with Crippen molar-refractivity contribution in [2.45, 2.75) is 20.0 Å². The number of carbonyl (C=O) groups excluding carboxylic acids is 1. The van der Waals surface area contributed by atoms with Crippen LogP contribution in [0.3, 0.4) is 0 Å². The summed E-state index contributed by atoms with van der Waals surface area (Å²) in [6.07, 6.45) is 1.76. The zero-order valence-corrected chi connectivity index (χ0v) is 20.1. The molecule has 34 heavy (non-hydrogen) atoms. The Morgan fingerprint density at radius 1 is 1.18 bits per heavy atom. The van der Waals surface area contributed by atoms with Crippen molar-refractivity contribution in [1.82, 2.24) is 24.3 Å². The Kier molecular flexibility index (Phi) is 5.95. The maximum absolute atomic E-state index is 13.1. The van der Waals surface area contributed by atoms with E-state index in [4.69, 9.17) is 12.2 Å². The van der Waals surface area contributed by atoms with Crippen LogP contribution < -0.4 is 5.32 Å². The first kappa shape index (κ1) is 22.0. The molecule has 170 valence electrons. The highest BCUT2D eigenvalue weighted by atomic mass is 32.1. The van der Waals surface area contributed by atoms with Gasteiger partial charge in [-0.3, -0.25) is 14.5 Å². The number of aryl methyl sites for hydroxylation is 1. The summed E-state index contributed by atoms with van der Waals surface area (Å²) < 4.78 is 4.41. The van der Waals surface area contributed by atoms with Gasteiger partial charge < -0.3 is 9.88 Å². The zero-order valence-electron chi connectivity index (χ0n) is 18.5. The number of aromatic amines is 1. The number of fused-ring (bicyclic) bond motifs is 1. The van der Waals surface area contributed by atoms with E-state index in [1.165, 1.54) is 11.3 Å². The molecule has 0 radical (unpaired) electrons. The number of rotatable bonds is 7. The Morgan fingerprint density at radius 3 is 2.74 bits per heavy atom. The number of hydrogen-bond donors (Lipinski definition) is 2. The van der Waals surface area contributed by atoms with E-state index in [2.05, 4.69) is 51.3 Å². The topological polar surface area (TPSA) is 80.5 Å². The molecule has 0 atom stereocenters. The third-order valence-corrected chi connectivity index (χ3v) is 6.88. The van der Waals surface area contributed by atoms with Gasteiger partial charge in [-0.05, 0) is 36.8 Å². The summed E-state index contributed by atoms with van der Waals surface area (Å²) in [6.45, 7) is 6.38. The van der Waals surface area contributed by atoms with E-state index in [0.29, 0.717) is 22.3 Å². The van der Waals surface area contributed by atoms with Crippen molar-refractivity contribution in [3.63, 3.8) is 0 Å². The first-order chi connectivity index (χ1) is 16.5. The van der Waals surface area contributed by atoms with Gasteiger partial charge in [0.1, 0.15) is 6.54 Å². The van der Waals surface area contributed by atoms with Crippen molar-refractivity contribution >= 4 is 45.5 Å². The summed E-state index contributed by atoms with van der Waals surface area (Å²) >= 11 is 6.70. The molecule has 0 spiro atoms. The van der Waals surface area contributed by atoms with Gasteiger partial charge in [0.2, 0.25) is 5.91 Å². The van der Waals surface area contributed by atoms with Crippen LogP contribution in [0.5, 0.6) is 0 Å². The van der Waals surface area contributed by atoms with Crippen molar-refractivity contribution in [3.8, 4) is 22.0 Å². The lowest BCUT2D eigenvalue weighted by Crippen LogP contribution is -2.19. The van der Waals surface area contributed by atoms with Crippen molar-refractivity contribution in [3.05, 3.63) is 83.8 Å². The smallest absolute Gasteiger partial charge is 0.246 e. The molecule has 2 aromatic carbocycles. The van der Waals surface area contributed by atoms with Crippen LogP contribution in [-0.4, -0.2) is 30.2 Å². The molecule has 1 amide bonds. The molecule has 0 aliphatic rings. The van der Waals surface area contributed by atoms with Crippen LogP contribution >= 0.6 is 23.6 Å². The Bertz CT molecular complexity index is 1560. The van der Waals surface area contributed by atoms with E-state index >= 15 is 0 Å². The highest BCUT2D eigenvalue weighted by molar-refractivity contribution is 7.71. The lowest BCUT2D eigenvalue weighted by molar-refractivity contribution is -0.116. The summed E-state index contributed by atoms with van der Waals surface area (Å²) in [5.74, 6) is 0.534. The molecule has 0 bridgehead atoms. The Labute approximate surface area is 205 Å². The molecule has 0 aliphatic carbocycles. The third kappa shape index (κ3) is 4.11. The highest BCUT2D eigenvalue weighted by Crippen LogP contribution is 2.32. The first-order valence-electron chi connectivity index (χ1n) is 10.7. The number of amides is 1. The zero-order chi connectivity index (χ0) is 23.7. The Morgan fingerprint density at radius 2 is 1.94 bits per heavy atom. The van der Waals surface area contributed by atoms with Crippen LogP contribution in [0, 0.1) is 11.7 Å². The first-order valence-corrected chi connectivity index (χ1v) is 11.9. The number of H-pyrrole nitrogens is 1. The lowest BCUT2D eigenvalue weighted by atomic mass is 10.1. The van der Waals surface area contributed by atoms with Crippen molar-refractivity contribution in [1.29, 1.82) is 0 Å². The number of nitrogens with one attached hydrogen (secondary N) is 2. The molecule has 5 rings (SSSR count). The van der Waals surface area contributed by atoms with Gasteiger partial charge in [0, 0.05) is 23.1 Å². The fourth-order valence-electron chi connectivity index (χ4n) is 3.98. The van der Waals surface area contributed by atoms with Crippen LogP contribution in [0.1, 0.15) is 5.69 Å². The molecule has 2 N–H and O–H groups in total. The number of aromatic nitrogens is 5. The van der Waals surface area contributed by atoms with Crippen LogP contribution in [-0.2, 0) is 17.9 Å². The summed E-state index contributed by atoms with van der Waals surface area (Å²) in [7, 11) is 0. The van der Waals surface area contributed by atoms with Crippen LogP contribution in [0.2, 0.25) is 0 Å². The van der Waals surface area contributed by atoms with E-state index in [-0.39, 0.29) is 12.5 Å². The van der Waals surface area contributed by atoms with Gasteiger partial charge in [0.15, 0.2) is 15.7 Å². The average molecular weight is 487 g/mol. The predicted octanol–water partition coefficient (Wildman–Crippen LogP) is 5.82. The van der Waals surface area contributed by atoms with Gasteiger partial charge in [-0.1, -0.05) is 65.9 Å². The third-order valence-electron chi connectivity index (χ3n) is 5.50. The second kappa shape index (κ2) is 9.20. The fraction of sp³-hybridized carbons (Fsp3) is 0.120. The molecule has 3 aromatic heterocycles. The van der Waals surface area contributed by atoms with Gasteiger partial charge in [-0.15, -0.1) is 6.58 Å². The summed E-state index contributed by atoms with van der Waals surface area (Å²) in [6, 6.07) is 20.3. The van der Waals surface area contributed by atoms with Gasteiger partial charge in [0.25, 0.3) is 0 Å². The molecule has 0 fully saturated rings. The molecule has 0 saturated heterocycles. The lowest BCUT2D eigenvalue weighted by Gasteiger charge is -2.10. The van der Waals surface area contributed by atoms with Gasteiger partial charge in [-0.2, -0.15) is 5.10 Å². The number of benzene rings is 2. The minimum atomic E-state index is -0.149. The van der Waals surface area contributed by atoms with E-state index in [9.17, 15) is 4.79 Å². The number of carbonyl (C=O) groups is 1. The summed E-state index contributed by atoms with van der Waals surface area (Å²) in [5.41, 5.74) is 3.83. The maximum atomic E-state index is 13.1.